The normalized spacial score (nSPS) is 21.6. The molecule has 72 valence electrons. The molecule has 0 spiro atoms. The second-order valence-electron chi connectivity index (χ2n) is 3.63. The van der Waals surface area contributed by atoms with Crippen molar-refractivity contribution in [2.75, 3.05) is 13.1 Å². The lowest BCUT2D eigenvalue weighted by Gasteiger charge is -2.27. The summed E-state index contributed by atoms with van der Waals surface area (Å²) < 4.78 is 0. The lowest BCUT2D eigenvalue weighted by atomic mass is 9.90. The Morgan fingerprint density at radius 3 is 2.85 bits per heavy atom. The van der Waals surface area contributed by atoms with Crippen LogP contribution >= 0.6 is 11.3 Å². The zero-order chi connectivity index (χ0) is 9.10. The first kappa shape index (κ1) is 9.19. The highest BCUT2D eigenvalue weighted by Gasteiger charge is 2.21. The Balaban J connectivity index is 1.99. The van der Waals surface area contributed by atoms with E-state index in [1.165, 1.54) is 17.7 Å². The van der Waals surface area contributed by atoms with E-state index < -0.39 is 0 Å². The molecule has 0 aliphatic carbocycles. The smallest absolute Gasteiger partial charge is 0.0419 e. The fourth-order valence-electron chi connectivity index (χ4n) is 1.92. The van der Waals surface area contributed by atoms with Crippen LogP contribution < -0.4 is 11.1 Å². The fraction of sp³-hybridized carbons (Fsp3) is 0.600. The highest BCUT2D eigenvalue weighted by molar-refractivity contribution is 7.10. The second kappa shape index (κ2) is 4.22. The Bertz CT molecular complexity index is 239. The first-order valence-corrected chi connectivity index (χ1v) is 5.75. The summed E-state index contributed by atoms with van der Waals surface area (Å²) in [7, 11) is 0. The maximum Gasteiger partial charge on any atom is 0.0419 e. The van der Waals surface area contributed by atoms with E-state index in [0.29, 0.717) is 5.92 Å². The average molecular weight is 196 g/mol. The highest BCUT2D eigenvalue weighted by Crippen LogP contribution is 2.29. The maximum atomic E-state index is 6.20. The lowest BCUT2D eigenvalue weighted by molar-refractivity contribution is 0.325. The maximum absolute atomic E-state index is 6.20. The first-order chi connectivity index (χ1) is 6.38. The predicted molar refractivity (Wildman–Crippen MR) is 56.8 cm³/mol. The van der Waals surface area contributed by atoms with Crippen LogP contribution in [0.1, 0.15) is 23.8 Å². The summed E-state index contributed by atoms with van der Waals surface area (Å²) in [6, 6.07) is 4.50. The third kappa shape index (κ3) is 2.10. The molecule has 0 unspecified atom stereocenters. The average Bonchev–Trinajstić information content (AvgIpc) is 2.71. The number of nitrogens with two attached hydrogens (primary N) is 1. The molecule has 1 aromatic heterocycles. The number of thiophene rings is 1. The molecule has 1 saturated heterocycles. The van der Waals surface area contributed by atoms with Gasteiger partial charge in [0.05, 0.1) is 0 Å². The summed E-state index contributed by atoms with van der Waals surface area (Å²) in [5.41, 5.74) is 6.20. The van der Waals surface area contributed by atoms with Crippen LogP contribution in [0.25, 0.3) is 0 Å². The van der Waals surface area contributed by atoms with Gasteiger partial charge in [0, 0.05) is 10.9 Å². The molecule has 0 saturated carbocycles. The van der Waals surface area contributed by atoms with Gasteiger partial charge in [0.2, 0.25) is 0 Å². The molecule has 1 aliphatic heterocycles. The minimum Gasteiger partial charge on any atom is -0.323 e. The van der Waals surface area contributed by atoms with E-state index in [2.05, 4.69) is 22.8 Å². The largest absolute Gasteiger partial charge is 0.323 e. The van der Waals surface area contributed by atoms with E-state index >= 15 is 0 Å². The molecule has 1 aliphatic rings. The second-order valence-corrected chi connectivity index (χ2v) is 4.61. The Morgan fingerprint density at radius 1 is 1.46 bits per heavy atom. The topological polar surface area (TPSA) is 38.0 Å². The minimum absolute atomic E-state index is 0.266. The zero-order valence-electron chi connectivity index (χ0n) is 7.70. The number of hydrogen-bond donors (Lipinski definition) is 2. The van der Waals surface area contributed by atoms with Gasteiger partial charge in [-0.2, -0.15) is 0 Å². The molecular formula is C10H16N2S. The third-order valence-corrected chi connectivity index (χ3v) is 3.74. The molecule has 2 rings (SSSR count). The number of hydrogen-bond acceptors (Lipinski definition) is 3. The van der Waals surface area contributed by atoms with E-state index in [1.54, 1.807) is 11.3 Å². The molecule has 0 bridgehead atoms. The summed E-state index contributed by atoms with van der Waals surface area (Å²) in [6.07, 6.45) is 2.44. The van der Waals surface area contributed by atoms with Crippen LogP contribution in [0, 0.1) is 5.92 Å². The minimum atomic E-state index is 0.266. The van der Waals surface area contributed by atoms with Crippen molar-refractivity contribution in [3.05, 3.63) is 22.4 Å². The van der Waals surface area contributed by atoms with Gasteiger partial charge in [0.25, 0.3) is 0 Å². The number of piperidine rings is 1. The van der Waals surface area contributed by atoms with E-state index in [9.17, 15) is 0 Å². The highest BCUT2D eigenvalue weighted by atomic mass is 32.1. The predicted octanol–water partition coefficient (Wildman–Crippen LogP) is 1.75. The first-order valence-electron chi connectivity index (χ1n) is 4.87. The lowest BCUT2D eigenvalue weighted by Crippen LogP contribution is -2.33. The van der Waals surface area contributed by atoms with E-state index in [0.717, 1.165) is 13.1 Å². The van der Waals surface area contributed by atoms with Gasteiger partial charge in [-0.05, 0) is 43.3 Å². The Morgan fingerprint density at radius 2 is 2.23 bits per heavy atom. The van der Waals surface area contributed by atoms with Crippen LogP contribution in [0.2, 0.25) is 0 Å². The summed E-state index contributed by atoms with van der Waals surface area (Å²) >= 11 is 1.78. The van der Waals surface area contributed by atoms with Crippen LogP contribution in [0.3, 0.4) is 0 Å². The van der Waals surface area contributed by atoms with E-state index in [4.69, 9.17) is 5.73 Å². The van der Waals surface area contributed by atoms with Gasteiger partial charge in [-0.15, -0.1) is 11.3 Å². The summed E-state index contributed by atoms with van der Waals surface area (Å²) in [4.78, 5) is 1.34. The summed E-state index contributed by atoms with van der Waals surface area (Å²) in [6.45, 7) is 2.26. The monoisotopic (exact) mass is 196 g/mol. The van der Waals surface area contributed by atoms with Gasteiger partial charge < -0.3 is 11.1 Å². The summed E-state index contributed by atoms with van der Waals surface area (Å²) in [5.74, 6) is 0.680. The molecule has 0 aromatic carbocycles. The Kier molecular flexibility index (Phi) is 2.98. The van der Waals surface area contributed by atoms with Crippen molar-refractivity contribution in [3.63, 3.8) is 0 Å². The summed E-state index contributed by atoms with van der Waals surface area (Å²) in [5, 5.41) is 5.47. The van der Waals surface area contributed by atoms with Crippen LogP contribution in [-0.4, -0.2) is 13.1 Å². The molecular weight excluding hydrogens is 180 g/mol. The molecule has 3 heteroatoms. The van der Waals surface area contributed by atoms with Crippen LogP contribution in [0.15, 0.2) is 17.5 Å². The standard InChI is InChI=1S/C10H16N2S/c11-10(9-2-1-7-13-9)8-3-5-12-6-4-8/h1-2,7-8,10,12H,3-6,11H2/t10-/m1/s1. The SMILES string of the molecule is N[C@@H](c1cccs1)C1CCNCC1. The van der Waals surface area contributed by atoms with Crippen LogP contribution in [-0.2, 0) is 0 Å². The molecule has 0 amide bonds. The van der Waals surface area contributed by atoms with Crippen molar-refractivity contribution >= 4 is 11.3 Å². The molecule has 2 heterocycles. The van der Waals surface area contributed by atoms with Crippen molar-refractivity contribution in [1.29, 1.82) is 0 Å². The fourth-order valence-corrected chi connectivity index (χ4v) is 2.74. The van der Waals surface area contributed by atoms with Crippen molar-refractivity contribution in [2.24, 2.45) is 11.7 Å². The van der Waals surface area contributed by atoms with Gasteiger partial charge in [-0.25, -0.2) is 0 Å². The molecule has 13 heavy (non-hydrogen) atoms. The molecule has 1 fully saturated rings. The molecule has 0 radical (unpaired) electrons. The van der Waals surface area contributed by atoms with Gasteiger partial charge in [-0.1, -0.05) is 6.07 Å². The number of rotatable bonds is 2. The molecule has 3 N–H and O–H groups in total. The van der Waals surface area contributed by atoms with Crippen molar-refractivity contribution in [2.45, 2.75) is 18.9 Å². The molecule has 1 aromatic rings. The molecule has 1 atom stereocenters. The van der Waals surface area contributed by atoms with Gasteiger partial charge in [0.15, 0.2) is 0 Å². The van der Waals surface area contributed by atoms with Crippen LogP contribution in [0.5, 0.6) is 0 Å². The van der Waals surface area contributed by atoms with Gasteiger partial charge in [0.1, 0.15) is 0 Å². The molecule has 2 nitrogen and oxygen atoms in total. The zero-order valence-corrected chi connectivity index (χ0v) is 8.52. The number of nitrogens with one attached hydrogen (secondary N) is 1. The Labute approximate surface area is 83.1 Å². The van der Waals surface area contributed by atoms with Crippen molar-refractivity contribution in [1.82, 2.24) is 5.32 Å². The van der Waals surface area contributed by atoms with Gasteiger partial charge >= 0.3 is 0 Å². The van der Waals surface area contributed by atoms with Crippen molar-refractivity contribution < 1.29 is 0 Å². The quantitative estimate of drug-likeness (QED) is 0.756. The van der Waals surface area contributed by atoms with E-state index in [1.807, 2.05) is 0 Å². The third-order valence-electron chi connectivity index (χ3n) is 2.76. The Hall–Kier alpha value is -0.380. The van der Waals surface area contributed by atoms with Crippen LogP contribution in [0.4, 0.5) is 0 Å². The van der Waals surface area contributed by atoms with Crippen molar-refractivity contribution in [3.8, 4) is 0 Å². The van der Waals surface area contributed by atoms with E-state index in [-0.39, 0.29) is 6.04 Å². The van der Waals surface area contributed by atoms with Gasteiger partial charge in [-0.3, -0.25) is 0 Å².